The molecular formula is C18H27N3O3S2. The van der Waals surface area contributed by atoms with Crippen LogP contribution in [0.15, 0.2) is 0 Å². The quantitative estimate of drug-likeness (QED) is 0.624. The van der Waals surface area contributed by atoms with Crippen LogP contribution in [0.5, 0.6) is 0 Å². The summed E-state index contributed by atoms with van der Waals surface area (Å²) in [5.74, 6) is 0.517. The van der Waals surface area contributed by atoms with Gasteiger partial charge >= 0.3 is 5.97 Å². The first-order valence-electron chi connectivity index (χ1n) is 8.64. The van der Waals surface area contributed by atoms with Gasteiger partial charge in [0.2, 0.25) is 0 Å². The van der Waals surface area contributed by atoms with E-state index in [2.05, 4.69) is 24.1 Å². The van der Waals surface area contributed by atoms with Crippen LogP contribution < -0.4 is 5.32 Å². The van der Waals surface area contributed by atoms with Gasteiger partial charge in [-0.15, -0.1) is 11.3 Å². The number of hydrogen-bond donors (Lipinski definition) is 1. The molecule has 0 aliphatic carbocycles. The number of hydrogen-bond acceptors (Lipinski definition) is 5. The lowest BCUT2D eigenvalue weighted by Gasteiger charge is -2.36. The third-order valence-electron chi connectivity index (χ3n) is 4.51. The van der Waals surface area contributed by atoms with E-state index < -0.39 is 5.97 Å². The number of anilines is 1. The Balaban J connectivity index is 2.32. The molecule has 0 spiro atoms. The SMILES string of the molecule is COC(=O)c1c(NC(=S)N2CC(C)CC(C)C2)sc(C(=O)N(C)C)c1C. The molecule has 2 unspecified atom stereocenters. The second-order valence-corrected chi connectivity index (χ2v) is 8.64. The predicted molar refractivity (Wildman–Crippen MR) is 109 cm³/mol. The zero-order valence-electron chi connectivity index (χ0n) is 16.2. The highest BCUT2D eigenvalue weighted by Gasteiger charge is 2.28. The third kappa shape index (κ3) is 4.35. The molecule has 0 radical (unpaired) electrons. The van der Waals surface area contributed by atoms with Crippen molar-refractivity contribution in [3.8, 4) is 0 Å². The Labute approximate surface area is 164 Å². The van der Waals surface area contributed by atoms with E-state index in [1.807, 2.05) is 0 Å². The van der Waals surface area contributed by atoms with Crippen molar-refractivity contribution >= 4 is 45.5 Å². The van der Waals surface area contributed by atoms with Crippen LogP contribution >= 0.6 is 23.6 Å². The molecule has 8 heteroatoms. The van der Waals surface area contributed by atoms with Crippen molar-refractivity contribution in [3.63, 3.8) is 0 Å². The molecule has 1 aliphatic heterocycles. The van der Waals surface area contributed by atoms with Gasteiger partial charge in [-0.25, -0.2) is 4.79 Å². The summed E-state index contributed by atoms with van der Waals surface area (Å²) < 4.78 is 4.92. The summed E-state index contributed by atoms with van der Waals surface area (Å²) in [5.41, 5.74) is 0.995. The summed E-state index contributed by atoms with van der Waals surface area (Å²) in [5, 5.41) is 4.34. The van der Waals surface area contributed by atoms with Gasteiger partial charge in [-0.05, 0) is 43.0 Å². The van der Waals surface area contributed by atoms with Gasteiger partial charge in [0.15, 0.2) is 5.11 Å². The Morgan fingerprint density at radius 2 is 1.85 bits per heavy atom. The number of amides is 1. The molecule has 1 aromatic rings. The summed E-state index contributed by atoms with van der Waals surface area (Å²) in [6, 6.07) is 0. The summed E-state index contributed by atoms with van der Waals surface area (Å²) in [7, 11) is 4.71. The van der Waals surface area contributed by atoms with E-state index in [9.17, 15) is 9.59 Å². The van der Waals surface area contributed by atoms with Gasteiger partial charge in [-0.3, -0.25) is 4.79 Å². The second kappa shape index (κ2) is 8.35. The summed E-state index contributed by atoms with van der Waals surface area (Å²) in [4.78, 5) is 28.9. The van der Waals surface area contributed by atoms with Crippen LogP contribution in [0, 0.1) is 18.8 Å². The van der Waals surface area contributed by atoms with Crippen LogP contribution in [0.25, 0.3) is 0 Å². The Morgan fingerprint density at radius 3 is 2.35 bits per heavy atom. The number of carbonyl (C=O) groups excluding carboxylic acids is 2. The van der Waals surface area contributed by atoms with E-state index >= 15 is 0 Å². The van der Waals surface area contributed by atoms with Crippen LogP contribution in [0.1, 0.15) is 45.9 Å². The van der Waals surface area contributed by atoms with Gasteiger partial charge < -0.3 is 19.9 Å². The van der Waals surface area contributed by atoms with Crippen LogP contribution in [0.2, 0.25) is 0 Å². The van der Waals surface area contributed by atoms with Crippen molar-refractivity contribution in [2.45, 2.75) is 27.2 Å². The first-order valence-corrected chi connectivity index (χ1v) is 9.87. The number of piperidine rings is 1. The predicted octanol–water partition coefficient (Wildman–Crippen LogP) is 3.22. The second-order valence-electron chi connectivity index (χ2n) is 7.23. The molecule has 0 aromatic carbocycles. The molecule has 2 rings (SSSR count). The van der Waals surface area contributed by atoms with Gasteiger partial charge in [-0.1, -0.05) is 13.8 Å². The maximum Gasteiger partial charge on any atom is 0.341 e. The minimum Gasteiger partial charge on any atom is -0.465 e. The number of thiocarbonyl (C=S) groups is 1. The van der Waals surface area contributed by atoms with Crippen molar-refractivity contribution in [1.82, 2.24) is 9.80 Å². The molecule has 0 bridgehead atoms. The highest BCUT2D eigenvalue weighted by Crippen LogP contribution is 2.35. The Kier molecular flexibility index (Phi) is 6.63. The number of nitrogens with one attached hydrogen (secondary N) is 1. The molecule has 2 atom stereocenters. The van der Waals surface area contributed by atoms with Crippen LogP contribution in [0.3, 0.4) is 0 Å². The van der Waals surface area contributed by atoms with Crippen molar-refractivity contribution in [2.24, 2.45) is 11.8 Å². The standard InChI is InChI=1S/C18H27N3O3S2/c1-10-7-11(2)9-21(8-10)18(25)19-15-13(17(23)24-6)12(3)14(26-15)16(22)20(4)5/h10-11H,7-9H2,1-6H3,(H,19,25). The Bertz CT molecular complexity index is 705. The van der Waals surface area contributed by atoms with Gasteiger partial charge in [0.1, 0.15) is 5.00 Å². The minimum absolute atomic E-state index is 0.142. The van der Waals surface area contributed by atoms with E-state index in [1.165, 1.54) is 29.8 Å². The maximum absolute atomic E-state index is 12.4. The third-order valence-corrected chi connectivity index (χ3v) is 6.07. The van der Waals surface area contributed by atoms with Crippen LogP contribution in [0.4, 0.5) is 5.00 Å². The molecule has 2 heterocycles. The Hall–Kier alpha value is -1.67. The van der Waals surface area contributed by atoms with Gasteiger partial charge in [-0.2, -0.15) is 0 Å². The lowest BCUT2D eigenvalue weighted by Crippen LogP contribution is -2.44. The molecular weight excluding hydrogens is 370 g/mol. The molecule has 1 N–H and O–H groups in total. The number of esters is 1. The number of rotatable bonds is 3. The number of thiophene rings is 1. The van der Waals surface area contributed by atoms with Crippen LogP contribution in [-0.4, -0.2) is 61.1 Å². The number of methoxy groups -OCH3 is 1. The molecule has 1 aromatic heterocycles. The van der Waals surface area contributed by atoms with Crippen molar-refractivity contribution in [1.29, 1.82) is 0 Å². The van der Waals surface area contributed by atoms with E-state index in [4.69, 9.17) is 17.0 Å². The first kappa shape index (κ1) is 20.6. The number of ether oxygens (including phenoxy) is 1. The molecule has 0 saturated carbocycles. The zero-order chi connectivity index (χ0) is 19.6. The molecule has 26 heavy (non-hydrogen) atoms. The molecule has 6 nitrogen and oxygen atoms in total. The fraction of sp³-hybridized carbons (Fsp3) is 0.611. The average molecular weight is 398 g/mol. The summed E-state index contributed by atoms with van der Waals surface area (Å²) in [6.45, 7) is 7.97. The smallest absolute Gasteiger partial charge is 0.341 e. The van der Waals surface area contributed by atoms with Gasteiger partial charge in [0, 0.05) is 27.2 Å². The first-order chi connectivity index (χ1) is 12.1. The van der Waals surface area contributed by atoms with E-state index in [-0.39, 0.29) is 5.91 Å². The summed E-state index contributed by atoms with van der Waals surface area (Å²) in [6.07, 6.45) is 1.19. The van der Waals surface area contributed by atoms with Crippen molar-refractivity contribution in [3.05, 3.63) is 16.0 Å². The summed E-state index contributed by atoms with van der Waals surface area (Å²) >= 11 is 6.83. The molecule has 144 valence electrons. The zero-order valence-corrected chi connectivity index (χ0v) is 17.8. The Morgan fingerprint density at radius 1 is 1.27 bits per heavy atom. The fourth-order valence-electron chi connectivity index (χ4n) is 3.36. The highest BCUT2D eigenvalue weighted by molar-refractivity contribution is 7.80. The van der Waals surface area contributed by atoms with Crippen LogP contribution in [-0.2, 0) is 4.74 Å². The van der Waals surface area contributed by atoms with E-state index in [0.717, 1.165) is 13.1 Å². The van der Waals surface area contributed by atoms with Crippen molar-refractivity contribution in [2.75, 3.05) is 39.6 Å². The average Bonchev–Trinajstić information content (AvgIpc) is 2.88. The van der Waals surface area contributed by atoms with Gasteiger partial charge in [0.25, 0.3) is 5.91 Å². The van der Waals surface area contributed by atoms with Gasteiger partial charge in [0.05, 0.1) is 17.6 Å². The highest BCUT2D eigenvalue weighted by atomic mass is 32.1. The van der Waals surface area contributed by atoms with Crippen molar-refractivity contribution < 1.29 is 14.3 Å². The topological polar surface area (TPSA) is 61.9 Å². The molecule has 1 amide bonds. The lowest BCUT2D eigenvalue weighted by atomic mass is 9.92. The number of likely N-dealkylation sites (tertiary alicyclic amines) is 1. The lowest BCUT2D eigenvalue weighted by molar-refractivity contribution is 0.0601. The largest absolute Gasteiger partial charge is 0.465 e. The minimum atomic E-state index is -0.470. The molecule has 1 fully saturated rings. The number of carbonyl (C=O) groups is 2. The normalized spacial score (nSPS) is 19.8. The van der Waals surface area contributed by atoms with E-state index in [1.54, 1.807) is 21.0 Å². The monoisotopic (exact) mass is 397 g/mol. The van der Waals surface area contributed by atoms with E-state index in [0.29, 0.717) is 38.0 Å². The maximum atomic E-state index is 12.4. The number of nitrogens with zero attached hydrogens (tertiary/aromatic N) is 2. The molecule has 1 aliphatic rings. The fourth-order valence-corrected chi connectivity index (χ4v) is 4.89. The molecule has 1 saturated heterocycles.